The van der Waals surface area contributed by atoms with Crippen LogP contribution in [0.25, 0.3) is 0 Å². The van der Waals surface area contributed by atoms with E-state index in [1.54, 1.807) is 23.1 Å². The predicted octanol–water partition coefficient (Wildman–Crippen LogP) is 4.24. The van der Waals surface area contributed by atoms with Crippen LogP contribution in [0.2, 0.25) is 5.02 Å². The van der Waals surface area contributed by atoms with Crippen LogP contribution < -0.4 is 5.32 Å². The highest BCUT2D eigenvalue weighted by atomic mass is 35.5. The highest BCUT2D eigenvalue weighted by molar-refractivity contribution is 6.30. The number of benzene rings is 2. The summed E-state index contributed by atoms with van der Waals surface area (Å²) in [5.74, 6) is -0.478. The minimum Gasteiger partial charge on any atom is -0.351 e. The van der Waals surface area contributed by atoms with Crippen LogP contribution in [0.3, 0.4) is 0 Å². The number of amides is 2. The van der Waals surface area contributed by atoms with Crippen LogP contribution in [-0.2, 0) is 22.6 Å². The number of carbonyl (C=O) groups excluding carboxylic acids is 2. The van der Waals surface area contributed by atoms with E-state index in [0.717, 1.165) is 11.1 Å². The summed E-state index contributed by atoms with van der Waals surface area (Å²) in [6, 6.07) is 16.5. The monoisotopic (exact) mass is 398 g/mol. The Labute approximate surface area is 172 Å². The van der Waals surface area contributed by atoms with Crippen molar-refractivity contribution >= 4 is 23.4 Å². The van der Waals surface area contributed by atoms with Gasteiger partial charge in [-0.25, -0.2) is 0 Å². The van der Waals surface area contributed by atoms with Crippen molar-refractivity contribution in [3.8, 4) is 0 Å². The van der Waals surface area contributed by atoms with Crippen LogP contribution in [0.5, 0.6) is 0 Å². The van der Waals surface area contributed by atoms with Crippen molar-refractivity contribution in [2.75, 3.05) is 6.54 Å². The van der Waals surface area contributed by atoms with Crippen molar-refractivity contribution < 1.29 is 9.59 Å². The predicted molar refractivity (Wildman–Crippen MR) is 114 cm³/mol. The van der Waals surface area contributed by atoms with Crippen molar-refractivity contribution in [3.05, 3.63) is 83.4 Å². The third kappa shape index (κ3) is 6.24. The second kappa shape index (κ2) is 10.7. The van der Waals surface area contributed by atoms with E-state index >= 15 is 0 Å². The summed E-state index contributed by atoms with van der Waals surface area (Å²) < 4.78 is 0. The highest BCUT2D eigenvalue weighted by Gasteiger charge is 2.31. The van der Waals surface area contributed by atoms with Gasteiger partial charge in [0.25, 0.3) is 0 Å². The normalized spacial score (nSPS) is 11.7. The lowest BCUT2D eigenvalue weighted by Crippen LogP contribution is -2.51. The fourth-order valence-corrected chi connectivity index (χ4v) is 3.06. The number of nitrogens with zero attached hydrogens (tertiary/aromatic N) is 1. The Bertz CT molecular complexity index is 788. The minimum absolute atomic E-state index is 0.0652. The Kier molecular flexibility index (Phi) is 8.27. The molecule has 0 aliphatic carbocycles. The number of nitrogens with one attached hydrogen (secondary N) is 1. The molecule has 0 fully saturated rings. The first-order chi connectivity index (χ1) is 13.4. The number of hydrogen-bond acceptors (Lipinski definition) is 2. The quantitative estimate of drug-likeness (QED) is 0.642. The van der Waals surface area contributed by atoms with E-state index in [4.69, 9.17) is 11.6 Å². The molecule has 0 aliphatic heterocycles. The van der Waals surface area contributed by atoms with Gasteiger partial charge in [-0.2, -0.15) is 0 Å². The molecule has 0 saturated carbocycles. The Balaban J connectivity index is 2.36. The smallest absolute Gasteiger partial charge is 0.243 e. The van der Waals surface area contributed by atoms with E-state index in [1.807, 2.05) is 56.3 Å². The zero-order chi connectivity index (χ0) is 20.5. The first kappa shape index (κ1) is 21.7. The van der Waals surface area contributed by atoms with E-state index < -0.39 is 6.04 Å². The lowest BCUT2D eigenvalue weighted by atomic mass is 10.0. The molecule has 1 N–H and O–H groups in total. The van der Waals surface area contributed by atoms with E-state index in [9.17, 15) is 9.59 Å². The van der Waals surface area contributed by atoms with Crippen LogP contribution in [0.15, 0.2) is 67.3 Å². The molecule has 2 aromatic rings. The molecule has 0 spiro atoms. The average molecular weight is 399 g/mol. The number of halogens is 1. The molecule has 5 heteroatoms. The van der Waals surface area contributed by atoms with Crippen molar-refractivity contribution in [3.63, 3.8) is 0 Å². The molecule has 28 heavy (non-hydrogen) atoms. The molecule has 0 radical (unpaired) electrons. The lowest BCUT2D eigenvalue weighted by molar-refractivity contribution is -0.143. The second-order valence-electron chi connectivity index (χ2n) is 6.99. The molecule has 1 atom stereocenters. The minimum atomic E-state index is -0.618. The van der Waals surface area contributed by atoms with E-state index in [0.29, 0.717) is 24.5 Å². The van der Waals surface area contributed by atoms with Crippen LogP contribution in [-0.4, -0.2) is 29.3 Å². The highest BCUT2D eigenvalue weighted by Crippen LogP contribution is 2.18. The zero-order valence-electron chi connectivity index (χ0n) is 16.4. The molecule has 4 nitrogen and oxygen atoms in total. The topological polar surface area (TPSA) is 49.4 Å². The van der Waals surface area contributed by atoms with Crippen LogP contribution in [0.4, 0.5) is 0 Å². The summed E-state index contributed by atoms with van der Waals surface area (Å²) in [4.78, 5) is 27.6. The summed E-state index contributed by atoms with van der Waals surface area (Å²) in [5.41, 5.74) is 1.92. The summed E-state index contributed by atoms with van der Waals surface area (Å²) in [7, 11) is 0. The molecule has 148 valence electrons. The molecule has 0 heterocycles. The first-order valence-corrected chi connectivity index (χ1v) is 9.77. The molecule has 0 aliphatic rings. The van der Waals surface area contributed by atoms with Crippen molar-refractivity contribution in [2.24, 2.45) is 5.92 Å². The van der Waals surface area contributed by atoms with Gasteiger partial charge in [-0.3, -0.25) is 9.59 Å². The molecule has 0 saturated heterocycles. The Morgan fingerprint density at radius 1 is 1.07 bits per heavy atom. The van der Waals surface area contributed by atoms with Gasteiger partial charge in [-0.05, 0) is 23.3 Å². The zero-order valence-corrected chi connectivity index (χ0v) is 17.2. The van der Waals surface area contributed by atoms with Crippen molar-refractivity contribution in [1.29, 1.82) is 0 Å². The fourth-order valence-electron chi connectivity index (χ4n) is 2.93. The summed E-state index contributed by atoms with van der Waals surface area (Å²) in [5, 5.41) is 3.48. The Hall–Kier alpha value is -2.59. The first-order valence-electron chi connectivity index (χ1n) is 9.39. The SMILES string of the molecule is C=CCNC(=O)[C@H](Cc1ccccc1)N(Cc1ccc(Cl)cc1)C(=O)C(C)C. The second-order valence-corrected chi connectivity index (χ2v) is 7.42. The van der Waals surface area contributed by atoms with Gasteiger partial charge in [-0.1, -0.05) is 74.0 Å². The fraction of sp³-hybridized carbons (Fsp3) is 0.304. The summed E-state index contributed by atoms with van der Waals surface area (Å²) in [6.07, 6.45) is 2.07. The number of carbonyl (C=O) groups is 2. The molecule has 2 rings (SSSR count). The van der Waals surface area contributed by atoms with Gasteiger partial charge < -0.3 is 10.2 Å². The van der Waals surface area contributed by atoms with Crippen molar-refractivity contribution in [1.82, 2.24) is 10.2 Å². The standard InChI is InChI=1S/C23H27ClN2O2/c1-4-14-25-22(27)21(15-18-8-6-5-7-9-18)26(23(28)17(2)3)16-19-10-12-20(24)13-11-19/h4-13,17,21H,1,14-16H2,2-3H3,(H,25,27)/t21-/m0/s1. The van der Waals surface area contributed by atoms with E-state index in [-0.39, 0.29) is 17.7 Å². The van der Waals surface area contributed by atoms with Crippen LogP contribution in [0.1, 0.15) is 25.0 Å². The Morgan fingerprint density at radius 2 is 1.71 bits per heavy atom. The largest absolute Gasteiger partial charge is 0.351 e. The lowest BCUT2D eigenvalue weighted by Gasteiger charge is -2.32. The van der Waals surface area contributed by atoms with Gasteiger partial charge in [0.2, 0.25) is 11.8 Å². The third-order valence-corrected chi connectivity index (χ3v) is 4.67. The molecule has 2 aromatic carbocycles. The van der Waals surface area contributed by atoms with Gasteiger partial charge in [0.05, 0.1) is 0 Å². The maximum Gasteiger partial charge on any atom is 0.243 e. The number of rotatable bonds is 9. The van der Waals surface area contributed by atoms with Crippen molar-refractivity contribution in [2.45, 2.75) is 32.9 Å². The van der Waals surface area contributed by atoms with Crippen LogP contribution >= 0.6 is 11.6 Å². The van der Waals surface area contributed by atoms with Gasteiger partial charge in [0.15, 0.2) is 0 Å². The molecule has 2 amide bonds. The summed E-state index contributed by atoms with van der Waals surface area (Å²) >= 11 is 5.98. The van der Waals surface area contributed by atoms with E-state index in [2.05, 4.69) is 11.9 Å². The van der Waals surface area contributed by atoms with Gasteiger partial charge in [-0.15, -0.1) is 6.58 Å². The van der Waals surface area contributed by atoms with E-state index in [1.165, 1.54) is 0 Å². The molecule has 0 unspecified atom stereocenters. The molecule has 0 bridgehead atoms. The van der Waals surface area contributed by atoms with Gasteiger partial charge >= 0.3 is 0 Å². The molecular formula is C23H27ClN2O2. The maximum absolute atomic E-state index is 13.0. The van der Waals surface area contributed by atoms with Gasteiger partial charge in [0, 0.05) is 30.5 Å². The number of hydrogen-bond donors (Lipinski definition) is 1. The van der Waals surface area contributed by atoms with Gasteiger partial charge in [0.1, 0.15) is 6.04 Å². The summed E-state index contributed by atoms with van der Waals surface area (Å²) in [6.45, 7) is 8.04. The molecule has 0 aromatic heterocycles. The van der Waals surface area contributed by atoms with Crippen LogP contribution in [0, 0.1) is 5.92 Å². The molecular weight excluding hydrogens is 372 g/mol. The Morgan fingerprint density at radius 3 is 2.29 bits per heavy atom. The maximum atomic E-state index is 13.0. The third-order valence-electron chi connectivity index (χ3n) is 4.41. The average Bonchev–Trinajstić information content (AvgIpc) is 2.70.